The second kappa shape index (κ2) is 5.83. The molecule has 1 aromatic heterocycles. The second-order valence-electron chi connectivity index (χ2n) is 3.55. The van der Waals surface area contributed by atoms with Crippen LogP contribution in [0.3, 0.4) is 0 Å². The zero-order valence-corrected chi connectivity index (χ0v) is 9.80. The number of carbonyl (C=O) groups is 2. The fraction of sp³-hybridized carbons (Fsp3) is 0.364. The first-order valence-electron chi connectivity index (χ1n) is 5.15. The van der Waals surface area contributed by atoms with Crippen molar-refractivity contribution in [3.05, 3.63) is 23.9 Å². The lowest BCUT2D eigenvalue weighted by atomic mass is 10.2. The van der Waals surface area contributed by atoms with Crippen molar-refractivity contribution in [1.82, 2.24) is 10.3 Å². The zero-order chi connectivity index (χ0) is 12.8. The third-order valence-electron chi connectivity index (χ3n) is 2.34. The fourth-order valence-corrected chi connectivity index (χ4v) is 1.27. The monoisotopic (exact) mass is 237 g/mol. The maximum absolute atomic E-state index is 11.1. The molecule has 0 unspecified atom stereocenters. The molecule has 0 aromatic carbocycles. The summed E-state index contributed by atoms with van der Waals surface area (Å²) in [5.74, 6) is -0.520. The van der Waals surface area contributed by atoms with Crippen LogP contribution in [0.15, 0.2) is 18.3 Å². The standard InChI is InChI=1S/C11H15N3O3/c1-12-10(15)4-6-14(2)9-7-8(11(16)17)3-5-13-9/h3,5,7H,4,6H2,1-2H3,(H,12,15)(H,16,17). The van der Waals surface area contributed by atoms with E-state index >= 15 is 0 Å². The van der Waals surface area contributed by atoms with Gasteiger partial charge in [-0.25, -0.2) is 9.78 Å². The molecule has 1 aromatic rings. The predicted molar refractivity (Wildman–Crippen MR) is 63.2 cm³/mol. The highest BCUT2D eigenvalue weighted by atomic mass is 16.4. The van der Waals surface area contributed by atoms with E-state index in [4.69, 9.17) is 5.11 Å². The average molecular weight is 237 g/mol. The van der Waals surface area contributed by atoms with Crippen molar-refractivity contribution >= 4 is 17.7 Å². The molecule has 0 aliphatic heterocycles. The molecular formula is C11H15N3O3. The molecule has 2 N–H and O–H groups in total. The first-order chi connectivity index (χ1) is 8.04. The molecule has 0 aliphatic rings. The van der Waals surface area contributed by atoms with E-state index < -0.39 is 5.97 Å². The summed E-state index contributed by atoms with van der Waals surface area (Å²) in [4.78, 5) is 27.6. The van der Waals surface area contributed by atoms with Crippen molar-refractivity contribution in [3.63, 3.8) is 0 Å². The van der Waals surface area contributed by atoms with E-state index in [1.54, 1.807) is 19.0 Å². The number of hydrogen-bond acceptors (Lipinski definition) is 4. The number of carboxylic acid groups (broad SMARTS) is 1. The zero-order valence-electron chi connectivity index (χ0n) is 9.80. The van der Waals surface area contributed by atoms with Crippen LogP contribution in [0.4, 0.5) is 5.82 Å². The van der Waals surface area contributed by atoms with Crippen LogP contribution in [0, 0.1) is 0 Å². The van der Waals surface area contributed by atoms with Gasteiger partial charge in [0.15, 0.2) is 0 Å². The third-order valence-corrected chi connectivity index (χ3v) is 2.34. The van der Waals surface area contributed by atoms with Crippen molar-refractivity contribution in [2.24, 2.45) is 0 Å². The van der Waals surface area contributed by atoms with Crippen LogP contribution in [-0.4, -0.2) is 42.6 Å². The maximum Gasteiger partial charge on any atom is 0.335 e. The Morgan fingerprint density at radius 1 is 1.53 bits per heavy atom. The molecule has 0 saturated carbocycles. The van der Waals surface area contributed by atoms with Crippen LogP contribution in [-0.2, 0) is 4.79 Å². The number of aromatic nitrogens is 1. The largest absolute Gasteiger partial charge is 0.478 e. The smallest absolute Gasteiger partial charge is 0.335 e. The first kappa shape index (κ1) is 13.0. The van der Waals surface area contributed by atoms with E-state index in [1.165, 1.54) is 18.3 Å². The number of anilines is 1. The van der Waals surface area contributed by atoms with Crippen molar-refractivity contribution in [3.8, 4) is 0 Å². The molecule has 0 aliphatic carbocycles. The van der Waals surface area contributed by atoms with Crippen LogP contribution in [0.5, 0.6) is 0 Å². The molecule has 6 heteroatoms. The van der Waals surface area contributed by atoms with Gasteiger partial charge in [0.2, 0.25) is 5.91 Å². The van der Waals surface area contributed by atoms with Crippen LogP contribution >= 0.6 is 0 Å². The van der Waals surface area contributed by atoms with Gasteiger partial charge in [-0.2, -0.15) is 0 Å². The Morgan fingerprint density at radius 3 is 2.82 bits per heavy atom. The molecule has 0 saturated heterocycles. The molecular weight excluding hydrogens is 222 g/mol. The highest BCUT2D eigenvalue weighted by molar-refractivity contribution is 5.88. The Kier molecular flexibility index (Phi) is 4.45. The van der Waals surface area contributed by atoms with Crippen LogP contribution in [0.25, 0.3) is 0 Å². The Balaban J connectivity index is 2.68. The topological polar surface area (TPSA) is 82.5 Å². The summed E-state index contributed by atoms with van der Waals surface area (Å²) in [6, 6.07) is 2.91. The number of amides is 1. The number of rotatable bonds is 5. The van der Waals surface area contributed by atoms with E-state index in [0.29, 0.717) is 18.8 Å². The third kappa shape index (κ3) is 3.75. The highest BCUT2D eigenvalue weighted by Crippen LogP contribution is 2.11. The number of carbonyl (C=O) groups excluding carboxylic acids is 1. The minimum atomic E-state index is -0.992. The molecule has 0 spiro atoms. The van der Waals surface area contributed by atoms with E-state index in [9.17, 15) is 9.59 Å². The SMILES string of the molecule is CNC(=O)CCN(C)c1cc(C(=O)O)ccn1. The van der Waals surface area contributed by atoms with Gasteiger partial charge in [0.25, 0.3) is 0 Å². The number of nitrogens with zero attached hydrogens (tertiary/aromatic N) is 2. The van der Waals surface area contributed by atoms with E-state index in [2.05, 4.69) is 10.3 Å². The summed E-state index contributed by atoms with van der Waals surface area (Å²) >= 11 is 0. The van der Waals surface area contributed by atoms with Crippen molar-refractivity contribution < 1.29 is 14.7 Å². The van der Waals surface area contributed by atoms with Gasteiger partial charge >= 0.3 is 5.97 Å². The molecule has 1 rings (SSSR count). The van der Waals surface area contributed by atoms with Gasteiger partial charge in [0.1, 0.15) is 5.82 Å². The molecule has 0 radical (unpaired) electrons. The summed E-state index contributed by atoms with van der Waals surface area (Å²) in [6.07, 6.45) is 1.78. The molecule has 6 nitrogen and oxygen atoms in total. The molecule has 0 bridgehead atoms. The number of pyridine rings is 1. The van der Waals surface area contributed by atoms with Gasteiger partial charge in [-0.3, -0.25) is 4.79 Å². The average Bonchev–Trinajstić information content (AvgIpc) is 2.35. The summed E-state index contributed by atoms with van der Waals surface area (Å²) in [6.45, 7) is 0.482. The molecule has 0 atom stereocenters. The fourth-order valence-electron chi connectivity index (χ4n) is 1.27. The van der Waals surface area contributed by atoms with Gasteiger partial charge in [-0.1, -0.05) is 0 Å². The van der Waals surface area contributed by atoms with E-state index in [1.807, 2.05) is 0 Å². The molecule has 0 fully saturated rings. The van der Waals surface area contributed by atoms with Gasteiger partial charge in [0, 0.05) is 33.3 Å². The van der Waals surface area contributed by atoms with Crippen LogP contribution in [0.1, 0.15) is 16.8 Å². The van der Waals surface area contributed by atoms with Gasteiger partial charge in [-0.05, 0) is 12.1 Å². The lowest BCUT2D eigenvalue weighted by molar-refractivity contribution is -0.120. The van der Waals surface area contributed by atoms with Crippen LogP contribution in [0.2, 0.25) is 0 Å². The van der Waals surface area contributed by atoms with Crippen molar-refractivity contribution in [2.45, 2.75) is 6.42 Å². The lowest BCUT2D eigenvalue weighted by Gasteiger charge is -2.17. The number of hydrogen-bond donors (Lipinski definition) is 2. The Morgan fingerprint density at radius 2 is 2.24 bits per heavy atom. The highest BCUT2D eigenvalue weighted by Gasteiger charge is 2.08. The summed E-state index contributed by atoms with van der Waals surface area (Å²) in [5, 5.41) is 11.4. The maximum atomic E-state index is 11.1. The first-order valence-corrected chi connectivity index (χ1v) is 5.15. The van der Waals surface area contributed by atoms with E-state index in [-0.39, 0.29) is 11.5 Å². The van der Waals surface area contributed by atoms with Crippen LogP contribution < -0.4 is 10.2 Å². The molecule has 1 amide bonds. The minimum absolute atomic E-state index is 0.0637. The van der Waals surface area contributed by atoms with Gasteiger partial charge in [-0.15, -0.1) is 0 Å². The molecule has 17 heavy (non-hydrogen) atoms. The second-order valence-corrected chi connectivity index (χ2v) is 3.55. The van der Waals surface area contributed by atoms with Gasteiger partial charge < -0.3 is 15.3 Å². The van der Waals surface area contributed by atoms with Gasteiger partial charge in [0.05, 0.1) is 5.56 Å². The quantitative estimate of drug-likeness (QED) is 0.772. The number of aromatic carboxylic acids is 1. The van der Waals surface area contributed by atoms with Crippen molar-refractivity contribution in [1.29, 1.82) is 0 Å². The number of nitrogens with one attached hydrogen (secondary N) is 1. The Hall–Kier alpha value is -2.11. The molecule has 92 valence electrons. The Bertz CT molecular complexity index is 420. The molecule has 1 heterocycles. The lowest BCUT2D eigenvalue weighted by Crippen LogP contribution is -2.26. The van der Waals surface area contributed by atoms with E-state index in [0.717, 1.165) is 0 Å². The summed E-state index contributed by atoms with van der Waals surface area (Å²) < 4.78 is 0. The Labute approximate surface area is 99.3 Å². The minimum Gasteiger partial charge on any atom is -0.478 e. The van der Waals surface area contributed by atoms with Crippen molar-refractivity contribution in [2.75, 3.05) is 25.5 Å². The normalized spacial score (nSPS) is 9.76. The number of carboxylic acids is 1. The summed E-state index contributed by atoms with van der Waals surface area (Å²) in [7, 11) is 3.34. The summed E-state index contributed by atoms with van der Waals surface area (Å²) in [5.41, 5.74) is 0.182. The predicted octanol–water partition coefficient (Wildman–Crippen LogP) is 0.352.